The van der Waals surface area contributed by atoms with Crippen molar-refractivity contribution >= 4 is 18.7 Å². The smallest absolute Gasteiger partial charge is 0.261 e. The highest BCUT2D eigenvalue weighted by Gasteiger charge is 2.58. The highest BCUT2D eigenvalue weighted by atomic mass is 28.4. The van der Waals surface area contributed by atoms with E-state index in [1.54, 1.807) is 0 Å². The van der Waals surface area contributed by atoms with Crippen LogP contribution < -0.4 is 10.4 Å². The monoisotopic (exact) mass is 740 g/mol. The van der Waals surface area contributed by atoms with Gasteiger partial charge in [0.15, 0.2) is 6.29 Å². The molecule has 7 rings (SSSR count). The lowest BCUT2D eigenvalue weighted by molar-refractivity contribution is -0.368. The number of rotatable bonds is 11. The predicted octanol–water partition coefficient (Wildman–Crippen LogP) is 7.92. The van der Waals surface area contributed by atoms with Crippen molar-refractivity contribution in [1.29, 1.82) is 0 Å². The van der Waals surface area contributed by atoms with Crippen LogP contribution >= 0.6 is 0 Å². The first kappa shape index (κ1) is 38.6. The average molecular weight is 741 g/mol. The van der Waals surface area contributed by atoms with Gasteiger partial charge in [0.25, 0.3) is 8.32 Å². The van der Waals surface area contributed by atoms with Crippen molar-refractivity contribution in [2.75, 3.05) is 19.8 Å². The highest BCUT2D eigenvalue weighted by Crippen LogP contribution is 2.47. The Morgan fingerprint density at radius 2 is 1.51 bits per heavy atom. The van der Waals surface area contributed by atoms with Crippen LogP contribution in [0.5, 0.6) is 0 Å². The topological polar surface area (TPSA) is 64.6 Å². The van der Waals surface area contributed by atoms with Gasteiger partial charge in [-0.3, -0.25) is 0 Å². The Kier molecular flexibility index (Phi) is 11.5. The first-order valence-corrected chi connectivity index (χ1v) is 21.7. The molecular formula is C45H60O7Si. The molecule has 4 fully saturated rings. The SMILES string of the molecule is C=C[C@H](C)[C@H]1O[C@H]2CCCO[C@@H]2C[C@@H]1O[C@@H]1CC2O[C@H](c3ccccc3)OC[C@@]2(C)O[C@@]1(C)CCO[Si](c1ccccc1)(c1ccccc1)C(C)(C)C. The molecule has 0 N–H and O–H groups in total. The van der Waals surface area contributed by atoms with Crippen molar-refractivity contribution in [1.82, 2.24) is 0 Å². The number of hydrogen-bond acceptors (Lipinski definition) is 7. The van der Waals surface area contributed by atoms with E-state index in [9.17, 15) is 0 Å². The van der Waals surface area contributed by atoms with Crippen molar-refractivity contribution in [2.45, 2.75) is 133 Å². The Balaban J connectivity index is 1.20. The molecule has 3 aromatic rings. The first-order chi connectivity index (χ1) is 25.5. The van der Waals surface area contributed by atoms with Crippen molar-refractivity contribution in [3.8, 4) is 0 Å². The van der Waals surface area contributed by atoms with E-state index >= 15 is 0 Å². The molecule has 0 amide bonds. The third-order valence-corrected chi connectivity index (χ3v) is 17.3. The van der Waals surface area contributed by atoms with E-state index in [1.807, 2.05) is 24.3 Å². The van der Waals surface area contributed by atoms with E-state index in [1.165, 1.54) is 10.4 Å². The second-order valence-electron chi connectivity index (χ2n) is 17.1. The Labute approximate surface area is 318 Å². The number of fused-ring (bicyclic) bond motifs is 2. The quantitative estimate of drug-likeness (QED) is 0.146. The van der Waals surface area contributed by atoms with Crippen molar-refractivity contribution in [2.24, 2.45) is 5.92 Å². The lowest BCUT2D eigenvalue weighted by atomic mass is 9.80. The summed E-state index contributed by atoms with van der Waals surface area (Å²) in [6, 6.07) is 31.8. The summed E-state index contributed by atoms with van der Waals surface area (Å²) in [5, 5.41) is 2.38. The molecule has 4 aliphatic heterocycles. The average Bonchev–Trinajstić information content (AvgIpc) is 3.16. The second-order valence-corrected chi connectivity index (χ2v) is 21.4. The van der Waals surface area contributed by atoms with Crippen LogP contribution in [0, 0.1) is 5.92 Å². The first-order valence-electron chi connectivity index (χ1n) is 19.8. The van der Waals surface area contributed by atoms with E-state index in [2.05, 4.69) is 121 Å². The summed E-state index contributed by atoms with van der Waals surface area (Å²) in [7, 11) is -2.77. The van der Waals surface area contributed by atoms with E-state index in [0.717, 1.165) is 31.4 Å². The Bertz CT molecular complexity index is 1590. The number of ether oxygens (including phenoxy) is 6. The zero-order chi connectivity index (χ0) is 37.3. The Hall–Kier alpha value is -2.66. The highest BCUT2D eigenvalue weighted by molar-refractivity contribution is 6.99. The van der Waals surface area contributed by atoms with E-state index < -0.39 is 25.8 Å². The van der Waals surface area contributed by atoms with Crippen LogP contribution in [0.25, 0.3) is 0 Å². The maximum atomic E-state index is 7.45. The lowest BCUT2D eigenvalue weighted by Gasteiger charge is -2.57. The van der Waals surface area contributed by atoms with Crippen LogP contribution in [0.15, 0.2) is 104 Å². The molecule has 3 aromatic carbocycles. The van der Waals surface area contributed by atoms with Gasteiger partial charge in [0.2, 0.25) is 0 Å². The molecular weight excluding hydrogens is 681 g/mol. The molecule has 4 saturated heterocycles. The molecule has 4 heterocycles. The third-order valence-electron chi connectivity index (χ3n) is 12.2. The molecule has 0 radical (unpaired) electrons. The van der Waals surface area contributed by atoms with Gasteiger partial charge in [-0.2, -0.15) is 0 Å². The largest absolute Gasteiger partial charge is 0.407 e. The van der Waals surface area contributed by atoms with Gasteiger partial charge in [-0.25, -0.2) is 0 Å². The molecule has 8 heteroatoms. The predicted molar refractivity (Wildman–Crippen MR) is 211 cm³/mol. The minimum absolute atomic E-state index is 0.0170. The van der Waals surface area contributed by atoms with Crippen LogP contribution in [-0.4, -0.2) is 76.0 Å². The van der Waals surface area contributed by atoms with Crippen LogP contribution in [0.3, 0.4) is 0 Å². The van der Waals surface area contributed by atoms with Gasteiger partial charge >= 0.3 is 0 Å². The maximum Gasteiger partial charge on any atom is 0.261 e. The van der Waals surface area contributed by atoms with Gasteiger partial charge in [0.05, 0.1) is 48.8 Å². The molecule has 0 aliphatic carbocycles. The van der Waals surface area contributed by atoms with E-state index in [-0.39, 0.29) is 47.6 Å². The summed E-state index contributed by atoms with van der Waals surface area (Å²) in [6.07, 6.45) is 4.84. The molecule has 0 spiro atoms. The fourth-order valence-electron chi connectivity index (χ4n) is 9.25. The standard InChI is InChI=1S/C45H60O7Si/c1-8-32(2)41-38(29-37-36(50-41)25-18-27-46-37)49-39-30-40-45(7,31-47-42(51-40)33-19-12-9-13-20-33)52-44(39,6)26-28-48-53(43(3,4)5,34-21-14-10-15-22-34)35-23-16-11-17-24-35/h8-17,19-24,32,36-42H,1,18,25-31H2,2-7H3/t32-,36-,37+,38-,39+,40?,41+,42+,44-,45+/m0/s1. The fourth-order valence-corrected chi connectivity index (χ4v) is 13.8. The molecule has 0 aromatic heterocycles. The summed E-state index contributed by atoms with van der Waals surface area (Å²) in [5.74, 6) is 0.115. The summed E-state index contributed by atoms with van der Waals surface area (Å²) in [4.78, 5) is 0. The summed E-state index contributed by atoms with van der Waals surface area (Å²) >= 11 is 0. The van der Waals surface area contributed by atoms with E-state index in [0.29, 0.717) is 26.1 Å². The Morgan fingerprint density at radius 3 is 2.13 bits per heavy atom. The molecule has 4 aliphatic rings. The van der Waals surface area contributed by atoms with Gasteiger partial charge < -0.3 is 32.8 Å². The molecule has 10 atom stereocenters. The van der Waals surface area contributed by atoms with Gasteiger partial charge in [-0.15, -0.1) is 6.58 Å². The fraction of sp³-hybridized carbons (Fsp3) is 0.556. The van der Waals surface area contributed by atoms with Crippen LogP contribution in [-0.2, 0) is 32.8 Å². The summed E-state index contributed by atoms with van der Waals surface area (Å²) in [6.45, 7) is 19.3. The zero-order valence-corrected chi connectivity index (χ0v) is 33.6. The van der Waals surface area contributed by atoms with Gasteiger partial charge in [-0.1, -0.05) is 125 Å². The minimum atomic E-state index is -2.77. The van der Waals surface area contributed by atoms with Crippen molar-refractivity contribution in [3.05, 3.63) is 109 Å². The van der Waals surface area contributed by atoms with Gasteiger partial charge in [0, 0.05) is 44.0 Å². The van der Waals surface area contributed by atoms with Crippen LogP contribution in [0.2, 0.25) is 5.04 Å². The van der Waals surface area contributed by atoms with Gasteiger partial charge in [-0.05, 0) is 42.1 Å². The van der Waals surface area contributed by atoms with Crippen LogP contribution in [0.4, 0.5) is 0 Å². The Morgan fingerprint density at radius 1 is 0.868 bits per heavy atom. The lowest BCUT2D eigenvalue weighted by Crippen LogP contribution is -2.68. The zero-order valence-electron chi connectivity index (χ0n) is 32.6. The molecule has 0 bridgehead atoms. The summed E-state index contributed by atoms with van der Waals surface area (Å²) in [5.41, 5.74) is -0.388. The minimum Gasteiger partial charge on any atom is -0.407 e. The molecule has 0 saturated carbocycles. The summed E-state index contributed by atoms with van der Waals surface area (Å²) < 4.78 is 48.3. The molecule has 1 unspecified atom stereocenters. The third kappa shape index (κ3) is 7.76. The van der Waals surface area contributed by atoms with Gasteiger partial charge in [0.1, 0.15) is 5.60 Å². The van der Waals surface area contributed by atoms with Crippen LogP contribution in [0.1, 0.15) is 85.5 Å². The molecule has 7 nitrogen and oxygen atoms in total. The normalized spacial score (nSPS) is 34.0. The second kappa shape index (κ2) is 15.8. The van der Waals surface area contributed by atoms with E-state index in [4.69, 9.17) is 32.8 Å². The van der Waals surface area contributed by atoms with Crippen molar-refractivity contribution in [3.63, 3.8) is 0 Å². The molecule has 53 heavy (non-hydrogen) atoms. The molecule has 286 valence electrons. The number of hydrogen-bond donors (Lipinski definition) is 0. The number of benzene rings is 3. The van der Waals surface area contributed by atoms with Crippen molar-refractivity contribution < 1.29 is 32.8 Å². The maximum absolute atomic E-state index is 7.45.